The maximum atomic E-state index is 13.1. The van der Waals surface area contributed by atoms with Gasteiger partial charge in [0.25, 0.3) is 0 Å². The minimum Gasteiger partial charge on any atom is -0.384 e. The van der Waals surface area contributed by atoms with Gasteiger partial charge in [0.05, 0.1) is 0 Å². The van der Waals surface area contributed by atoms with Crippen molar-refractivity contribution in [2.45, 2.75) is 30.9 Å². The summed E-state index contributed by atoms with van der Waals surface area (Å²) in [6.45, 7) is 0. The minimum absolute atomic E-state index is 0.115. The molecule has 2 atom stereocenters. The minimum atomic E-state index is -1.83. The van der Waals surface area contributed by atoms with Crippen LogP contribution in [0.5, 0.6) is 0 Å². The molecule has 0 fully saturated rings. The molecule has 126 valence electrons. The highest BCUT2D eigenvalue weighted by molar-refractivity contribution is 6.11. The summed E-state index contributed by atoms with van der Waals surface area (Å²) < 4.78 is 0. The number of carbonyl (C=O) groups is 2. The third-order valence-electron chi connectivity index (χ3n) is 4.64. The largest absolute Gasteiger partial charge is 0.384 e. The lowest BCUT2D eigenvalue weighted by Gasteiger charge is -2.30. The molecular formula is C19H17N3O3. The molecule has 0 bridgehead atoms. The van der Waals surface area contributed by atoms with Crippen molar-refractivity contribution in [3.05, 3.63) is 81.7 Å². The van der Waals surface area contributed by atoms with Crippen LogP contribution in [0.1, 0.15) is 39.1 Å². The van der Waals surface area contributed by atoms with E-state index in [4.69, 9.17) is 5.53 Å². The molecule has 0 aliphatic heterocycles. The average molecular weight is 335 g/mol. The summed E-state index contributed by atoms with van der Waals surface area (Å²) in [6.07, 6.45) is -0.466. The Kier molecular flexibility index (Phi) is 4.65. The number of aryl methyl sites for hydroxylation is 1. The Balaban J connectivity index is 2.09. The lowest BCUT2D eigenvalue weighted by atomic mass is 9.79. The quantitative estimate of drug-likeness (QED) is 0.304. The number of nitrogens with zero attached hydrogens (tertiary/aromatic N) is 3. The van der Waals surface area contributed by atoms with Crippen LogP contribution in [0.2, 0.25) is 0 Å². The van der Waals surface area contributed by atoms with Gasteiger partial charge in [-0.05, 0) is 30.4 Å². The van der Waals surface area contributed by atoms with Crippen molar-refractivity contribution in [2.24, 2.45) is 5.11 Å². The van der Waals surface area contributed by atoms with Crippen LogP contribution in [0, 0.1) is 0 Å². The Labute approximate surface area is 144 Å². The van der Waals surface area contributed by atoms with E-state index in [-0.39, 0.29) is 12.0 Å². The molecule has 2 aromatic rings. The predicted octanol–water partition coefficient (Wildman–Crippen LogP) is 3.50. The number of ketones is 2. The maximum absolute atomic E-state index is 13.1. The first-order chi connectivity index (χ1) is 12.1. The molecule has 6 heteroatoms. The number of aliphatic hydroxyl groups is 1. The molecule has 0 saturated carbocycles. The zero-order valence-electron chi connectivity index (χ0n) is 13.5. The lowest BCUT2D eigenvalue weighted by molar-refractivity contribution is 0.0448. The molecule has 6 nitrogen and oxygen atoms in total. The van der Waals surface area contributed by atoms with E-state index in [2.05, 4.69) is 10.0 Å². The van der Waals surface area contributed by atoms with E-state index in [0.29, 0.717) is 18.4 Å². The topological polar surface area (TPSA) is 103 Å². The summed E-state index contributed by atoms with van der Waals surface area (Å²) in [5.41, 5.74) is 8.70. The Bertz CT molecular complexity index is 859. The van der Waals surface area contributed by atoms with Crippen LogP contribution in [0.4, 0.5) is 0 Å². The van der Waals surface area contributed by atoms with Crippen molar-refractivity contribution in [1.82, 2.24) is 0 Å². The predicted molar refractivity (Wildman–Crippen MR) is 92.4 cm³/mol. The van der Waals surface area contributed by atoms with E-state index in [1.165, 1.54) is 0 Å². The Morgan fingerprint density at radius 3 is 2.56 bits per heavy atom. The molecule has 2 aromatic carbocycles. The molecule has 1 aliphatic carbocycles. The first-order valence-electron chi connectivity index (χ1n) is 8.06. The first-order valence-corrected chi connectivity index (χ1v) is 8.06. The number of benzene rings is 2. The molecule has 1 aliphatic rings. The summed E-state index contributed by atoms with van der Waals surface area (Å²) in [6, 6.07) is 15.2. The van der Waals surface area contributed by atoms with Crippen LogP contribution in [-0.4, -0.2) is 28.3 Å². The fourth-order valence-corrected chi connectivity index (χ4v) is 3.32. The number of hydrogen-bond acceptors (Lipinski definition) is 4. The third-order valence-corrected chi connectivity index (χ3v) is 4.64. The van der Waals surface area contributed by atoms with E-state index in [0.717, 1.165) is 5.56 Å². The summed E-state index contributed by atoms with van der Waals surface area (Å²) in [5.74, 6) is -1.13. The van der Waals surface area contributed by atoms with Gasteiger partial charge in [-0.15, -0.1) is 0 Å². The van der Waals surface area contributed by atoms with Gasteiger partial charge < -0.3 is 5.11 Å². The summed E-state index contributed by atoms with van der Waals surface area (Å²) >= 11 is 0. The number of carbonyl (C=O) groups excluding carboxylic acids is 2. The second kappa shape index (κ2) is 6.89. The maximum Gasteiger partial charge on any atom is 0.192 e. The molecule has 1 N–H and O–H groups in total. The molecule has 1 unspecified atom stereocenters. The van der Waals surface area contributed by atoms with E-state index >= 15 is 0 Å². The number of fused-ring (bicyclic) bond motifs is 1. The molecule has 0 aromatic heterocycles. The van der Waals surface area contributed by atoms with Crippen molar-refractivity contribution < 1.29 is 14.7 Å². The number of aliphatic hydroxyl groups excluding tert-OH is 1. The van der Waals surface area contributed by atoms with Crippen molar-refractivity contribution in [2.75, 3.05) is 0 Å². The highest BCUT2D eigenvalue weighted by atomic mass is 16.3. The lowest BCUT2D eigenvalue weighted by Crippen LogP contribution is -2.51. The number of azide groups is 1. The monoisotopic (exact) mass is 335 g/mol. The fourth-order valence-electron chi connectivity index (χ4n) is 3.32. The molecular weight excluding hydrogens is 318 g/mol. The van der Waals surface area contributed by atoms with Gasteiger partial charge in [-0.25, -0.2) is 0 Å². The smallest absolute Gasteiger partial charge is 0.192 e. The van der Waals surface area contributed by atoms with Crippen LogP contribution in [0.3, 0.4) is 0 Å². The highest BCUT2D eigenvalue weighted by Crippen LogP contribution is 2.35. The van der Waals surface area contributed by atoms with Gasteiger partial charge in [0.15, 0.2) is 11.6 Å². The van der Waals surface area contributed by atoms with Gasteiger partial charge in [-0.1, -0.05) is 59.7 Å². The standard InChI is InChI=1S/C19H17N3O3/c20-22-21-19(18(25)16(23)14-8-2-1-3-9-14)12-6-10-13-7-4-5-11-15(13)17(19)24/h1-5,7-9,11,18,25H,6,10,12H2/t18?,19-/m0/s1. The molecule has 0 saturated heterocycles. The van der Waals surface area contributed by atoms with E-state index in [1.807, 2.05) is 12.1 Å². The van der Waals surface area contributed by atoms with Crippen molar-refractivity contribution in [1.29, 1.82) is 0 Å². The van der Waals surface area contributed by atoms with E-state index in [1.54, 1.807) is 42.5 Å². The molecule has 25 heavy (non-hydrogen) atoms. The Morgan fingerprint density at radius 2 is 1.84 bits per heavy atom. The van der Waals surface area contributed by atoms with E-state index in [9.17, 15) is 14.7 Å². The molecule has 0 radical (unpaired) electrons. The highest BCUT2D eigenvalue weighted by Gasteiger charge is 2.49. The first kappa shape index (κ1) is 16.9. The van der Waals surface area contributed by atoms with Crippen LogP contribution in [-0.2, 0) is 6.42 Å². The molecule has 0 amide bonds. The number of rotatable bonds is 4. The van der Waals surface area contributed by atoms with Crippen LogP contribution in [0.25, 0.3) is 10.4 Å². The molecule has 3 rings (SSSR count). The Morgan fingerprint density at radius 1 is 1.16 bits per heavy atom. The van der Waals surface area contributed by atoms with Crippen molar-refractivity contribution >= 4 is 11.6 Å². The van der Waals surface area contributed by atoms with E-state index < -0.39 is 23.2 Å². The van der Waals surface area contributed by atoms with Crippen molar-refractivity contribution in [3.8, 4) is 0 Å². The van der Waals surface area contributed by atoms with Gasteiger partial charge in [0.2, 0.25) is 0 Å². The van der Waals surface area contributed by atoms with Crippen LogP contribution < -0.4 is 0 Å². The van der Waals surface area contributed by atoms with Gasteiger partial charge in [-0.3, -0.25) is 9.59 Å². The number of hydrogen-bond donors (Lipinski definition) is 1. The SMILES string of the molecule is [N-]=[N+]=N[C@@]1(C(O)C(=O)c2ccccc2)CCCc2ccccc2C1=O. The van der Waals surface area contributed by atoms with Gasteiger partial charge in [0, 0.05) is 16.0 Å². The molecule has 0 spiro atoms. The summed E-state index contributed by atoms with van der Waals surface area (Å²) in [5, 5.41) is 14.4. The molecule has 0 heterocycles. The zero-order valence-corrected chi connectivity index (χ0v) is 13.5. The second-order valence-electron chi connectivity index (χ2n) is 6.09. The third kappa shape index (κ3) is 2.93. The normalized spacial score (nSPS) is 20.8. The summed E-state index contributed by atoms with van der Waals surface area (Å²) in [4.78, 5) is 28.6. The Hall–Kier alpha value is -2.95. The van der Waals surface area contributed by atoms with Crippen LogP contribution >= 0.6 is 0 Å². The van der Waals surface area contributed by atoms with Gasteiger partial charge in [-0.2, -0.15) is 0 Å². The number of Topliss-reactive ketones (excluding diaryl/α,β-unsaturated/α-hetero) is 2. The second-order valence-corrected chi connectivity index (χ2v) is 6.09. The fraction of sp³-hybridized carbons (Fsp3) is 0.263. The van der Waals surface area contributed by atoms with Gasteiger partial charge in [0.1, 0.15) is 11.6 Å². The average Bonchev–Trinajstić information content (AvgIpc) is 2.80. The zero-order chi connectivity index (χ0) is 17.9. The summed E-state index contributed by atoms with van der Waals surface area (Å²) in [7, 11) is 0. The van der Waals surface area contributed by atoms with Gasteiger partial charge >= 0.3 is 0 Å². The van der Waals surface area contributed by atoms with Crippen LogP contribution in [0.15, 0.2) is 59.7 Å². The van der Waals surface area contributed by atoms with Crippen molar-refractivity contribution in [3.63, 3.8) is 0 Å².